The van der Waals surface area contributed by atoms with Gasteiger partial charge in [-0.25, -0.2) is 9.97 Å². The minimum absolute atomic E-state index is 0.238. The van der Waals surface area contributed by atoms with E-state index in [0.717, 1.165) is 49.8 Å². The zero-order valence-electron chi connectivity index (χ0n) is 28.7. The number of aryl methyl sites for hydroxylation is 1. The molecule has 3 aliphatic rings. The van der Waals surface area contributed by atoms with Gasteiger partial charge < -0.3 is 34.1 Å². The van der Waals surface area contributed by atoms with E-state index in [1.807, 2.05) is 38.2 Å². The van der Waals surface area contributed by atoms with Crippen LogP contribution in [0.2, 0.25) is 0 Å². The van der Waals surface area contributed by atoms with Gasteiger partial charge in [-0.15, -0.1) is 0 Å². The number of fused-ring (bicyclic) bond motifs is 3. The molecule has 0 bridgehead atoms. The molecular weight excluding hydrogens is 636 g/mol. The number of rotatable bonds is 7. The topological polar surface area (TPSA) is 142 Å². The van der Waals surface area contributed by atoms with E-state index in [-0.39, 0.29) is 22.4 Å². The highest BCUT2D eigenvalue weighted by Gasteiger charge is 2.40. The maximum atomic E-state index is 13.8. The Hall–Kier alpha value is -4.82. The molecule has 2 fully saturated rings. The van der Waals surface area contributed by atoms with Gasteiger partial charge in [0.1, 0.15) is 22.8 Å². The van der Waals surface area contributed by atoms with Crippen LogP contribution >= 0.6 is 0 Å². The Morgan fingerprint density at radius 1 is 1.06 bits per heavy atom. The summed E-state index contributed by atoms with van der Waals surface area (Å²) in [5.74, 6) is 0.822. The van der Waals surface area contributed by atoms with Crippen LogP contribution in [0.4, 0.5) is 17.2 Å². The summed E-state index contributed by atoms with van der Waals surface area (Å²) >= 11 is 0. The Balaban J connectivity index is 1.08. The van der Waals surface area contributed by atoms with E-state index in [9.17, 15) is 19.8 Å². The lowest BCUT2D eigenvalue weighted by atomic mass is 9.88. The minimum atomic E-state index is -0.692. The van der Waals surface area contributed by atoms with Crippen molar-refractivity contribution in [1.29, 1.82) is 0 Å². The molecule has 0 saturated carbocycles. The largest absolute Gasteiger partial charge is 0.392 e. The normalized spacial score (nSPS) is 20.6. The van der Waals surface area contributed by atoms with Gasteiger partial charge in [-0.2, -0.15) is 0 Å². The summed E-state index contributed by atoms with van der Waals surface area (Å²) in [6, 6.07) is 10.1. The van der Waals surface area contributed by atoms with Crippen molar-refractivity contribution in [1.82, 2.24) is 28.4 Å². The first-order valence-corrected chi connectivity index (χ1v) is 17.1. The lowest BCUT2D eigenvalue weighted by molar-refractivity contribution is -0.0691. The molecule has 0 amide bonds. The second kappa shape index (κ2) is 12.2. The third kappa shape index (κ3) is 5.32. The fourth-order valence-corrected chi connectivity index (χ4v) is 7.78. The number of nitrogens with one attached hydrogen (secondary N) is 1. The maximum absolute atomic E-state index is 13.8. The maximum Gasteiger partial charge on any atom is 0.280 e. The molecule has 5 aromatic rings. The van der Waals surface area contributed by atoms with E-state index in [2.05, 4.69) is 32.0 Å². The molecule has 5 aromatic heterocycles. The molecule has 0 spiro atoms. The highest BCUT2D eigenvalue weighted by atomic mass is 16.5. The third-order valence-electron chi connectivity index (χ3n) is 10.7. The molecule has 0 aromatic carbocycles. The van der Waals surface area contributed by atoms with Crippen LogP contribution in [0.15, 0.2) is 70.9 Å². The lowest BCUT2D eigenvalue weighted by Crippen LogP contribution is -2.59. The van der Waals surface area contributed by atoms with Crippen molar-refractivity contribution >= 4 is 22.7 Å². The Morgan fingerprint density at radius 2 is 1.88 bits per heavy atom. The zero-order valence-corrected chi connectivity index (χ0v) is 28.7. The summed E-state index contributed by atoms with van der Waals surface area (Å²) in [5.41, 5.74) is 4.31. The van der Waals surface area contributed by atoms with Gasteiger partial charge in [-0.3, -0.25) is 19.1 Å². The summed E-state index contributed by atoms with van der Waals surface area (Å²) in [5, 5.41) is 24.8. The third-order valence-corrected chi connectivity index (χ3v) is 10.7. The molecular formula is C37H42N8O5. The summed E-state index contributed by atoms with van der Waals surface area (Å²) < 4.78 is 10.0. The van der Waals surface area contributed by atoms with Crippen molar-refractivity contribution in [2.75, 3.05) is 43.1 Å². The van der Waals surface area contributed by atoms with Gasteiger partial charge >= 0.3 is 0 Å². The van der Waals surface area contributed by atoms with Crippen molar-refractivity contribution in [3.05, 3.63) is 98.8 Å². The number of aliphatic hydroxyl groups is 2. The molecule has 50 heavy (non-hydrogen) atoms. The van der Waals surface area contributed by atoms with Gasteiger partial charge in [0.15, 0.2) is 0 Å². The fraction of sp³-hybridized carbons (Fsp3) is 0.405. The number of pyridine rings is 3. The van der Waals surface area contributed by atoms with Gasteiger partial charge in [0.2, 0.25) is 0 Å². The number of aromatic nitrogens is 5. The van der Waals surface area contributed by atoms with E-state index >= 15 is 0 Å². The standard InChI is InChI=1S/C37H42N8O5/c1-22-17-42(26-20-50-21-26)9-10-43(22)25-5-6-31(39-16-25)40-29-13-24(18-41(4)35(29)48)27-7-8-38-34(28(27)19-46)45-12-11-44-30(36(45)49)14-23-15-37(2,3)33(47)32(23)44/h5-8,11-14,16,18,22,26,33,46-47H,9-10,15,17,19-21H2,1-4H3,(H,39,40)/t22-,33-/m0/s1. The molecule has 13 heteroatoms. The summed E-state index contributed by atoms with van der Waals surface area (Å²) in [7, 11) is 1.67. The molecule has 2 saturated heterocycles. The Labute approximate surface area is 289 Å². The van der Waals surface area contributed by atoms with E-state index in [4.69, 9.17) is 4.74 Å². The summed E-state index contributed by atoms with van der Waals surface area (Å²) in [4.78, 5) is 41.2. The van der Waals surface area contributed by atoms with Crippen molar-refractivity contribution in [3.8, 4) is 16.9 Å². The average molecular weight is 679 g/mol. The van der Waals surface area contributed by atoms with Crippen LogP contribution in [0.1, 0.15) is 43.7 Å². The van der Waals surface area contributed by atoms with Gasteiger partial charge in [0.05, 0.1) is 49.5 Å². The molecule has 13 nitrogen and oxygen atoms in total. The van der Waals surface area contributed by atoms with Gasteiger partial charge in [-0.05, 0) is 54.8 Å². The van der Waals surface area contributed by atoms with Crippen molar-refractivity contribution in [3.63, 3.8) is 0 Å². The number of hydrogen-bond acceptors (Lipinski definition) is 10. The number of anilines is 3. The molecule has 7 heterocycles. The predicted molar refractivity (Wildman–Crippen MR) is 190 cm³/mol. The fourth-order valence-electron chi connectivity index (χ4n) is 7.78. The number of piperazine rings is 1. The summed E-state index contributed by atoms with van der Waals surface area (Å²) in [6.45, 7) is 10.4. The van der Waals surface area contributed by atoms with E-state index in [1.165, 1.54) is 9.13 Å². The van der Waals surface area contributed by atoms with Crippen LogP contribution in [0.3, 0.4) is 0 Å². The summed E-state index contributed by atoms with van der Waals surface area (Å²) in [6.07, 6.45) is 8.47. The van der Waals surface area contributed by atoms with Crippen LogP contribution < -0.4 is 21.3 Å². The average Bonchev–Trinajstić information content (AvgIpc) is 3.54. The molecule has 260 valence electrons. The van der Waals surface area contributed by atoms with Crippen LogP contribution in [0.25, 0.3) is 22.5 Å². The van der Waals surface area contributed by atoms with E-state index in [1.54, 1.807) is 48.4 Å². The zero-order chi connectivity index (χ0) is 34.9. The first-order valence-electron chi connectivity index (χ1n) is 17.1. The number of aliphatic hydroxyl groups excluding tert-OH is 2. The number of nitrogens with zero attached hydrogens (tertiary/aromatic N) is 7. The SMILES string of the molecule is C[C@H]1CN(C2COC2)CCN1c1ccc(Nc2cc(-c3ccnc(-n4ccn5c6c(cc5c4=O)CC(C)(C)[C@H]6O)c3CO)cn(C)c2=O)nc1. The molecule has 0 radical (unpaired) electrons. The highest BCUT2D eigenvalue weighted by molar-refractivity contribution is 5.73. The van der Waals surface area contributed by atoms with Crippen molar-refractivity contribution in [2.24, 2.45) is 12.5 Å². The van der Waals surface area contributed by atoms with Crippen LogP contribution in [-0.4, -0.2) is 83.5 Å². The van der Waals surface area contributed by atoms with Gasteiger partial charge in [0, 0.05) is 74.1 Å². The molecule has 1 aliphatic carbocycles. The second-order valence-corrected chi connectivity index (χ2v) is 14.5. The number of hydrogen-bond donors (Lipinski definition) is 3. The quantitative estimate of drug-likeness (QED) is 0.235. The smallest absolute Gasteiger partial charge is 0.280 e. The Bertz CT molecular complexity index is 2220. The minimum Gasteiger partial charge on any atom is -0.392 e. The molecule has 2 atom stereocenters. The van der Waals surface area contributed by atoms with Crippen LogP contribution in [0, 0.1) is 5.41 Å². The highest BCUT2D eigenvalue weighted by Crippen LogP contribution is 2.46. The first kappa shape index (κ1) is 32.4. The van der Waals surface area contributed by atoms with Crippen molar-refractivity contribution < 1.29 is 14.9 Å². The number of ether oxygens (including phenoxy) is 1. The van der Waals surface area contributed by atoms with Gasteiger partial charge in [-0.1, -0.05) is 13.8 Å². The molecule has 0 unspecified atom stereocenters. The Morgan fingerprint density at radius 3 is 2.58 bits per heavy atom. The predicted octanol–water partition coefficient (Wildman–Crippen LogP) is 3.01. The van der Waals surface area contributed by atoms with E-state index in [0.29, 0.717) is 52.2 Å². The second-order valence-electron chi connectivity index (χ2n) is 14.5. The lowest BCUT2D eigenvalue weighted by Gasteiger charge is -2.46. The van der Waals surface area contributed by atoms with Crippen LogP contribution in [0.5, 0.6) is 0 Å². The van der Waals surface area contributed by atoms with Gasteiger partial charge in [0.25, 0.3) is 11.1 Å². The van der Waals surface area contributed by atoms with Crippen LogP contribution in [-0.2, 0) is 24.8 Å². The molecule has 3 N–H and O–H groups in total. The monoisotopic (exact) mass is 678 g/mol. The molecule has 2 aliphatic heterocycles. The van der Waals surface area contributed by atoms with E-state index < -0.39 is 12.7 Å². The molecule has 8 rings (SSSR count). The van der Waals surface area contributed by atoms with Crippen molar-refractivity contribution in [2.45, 2.75) is 52.0 Å². The first-order chi connectivity index (χ1) is 24.0. The Kier molecular flexibility index (Phi) is 7.90.